The van der Waals surface area contributed by atoms with Crippen LogP contribution in [-0.4, -0.2) is 26.8 Å². The van der Waals surface area contributed by atoms with Gasteiger partial charge in [-0.05, 0) is 18.2 Å². The maximum Gasteiger partial charge on any atom is 0.231 e. The lowest BCUT2D eigenvalue weighted by molar-refractivity contribution is 0.415. The van der Waals surface area contributed by atoms with Crippen molar-refractivity contribution in [3.63, 3.8) is 0 Å². The molecule has 0 atom stereocenters. The Hall–Kier alpha value is -1.34. The van der Waals surface area contributed by atoms with E-state index in [1.807, 2.05) is 6.07 Å². The molecule has 0 unspecified atom stereocenters. The van der Waals surface area contributed by atoms with Gasteiger partial charge >= 0.3 is 0 Å². The second-order valence-electron chi connectivity index (χ2n) is 3.23. The zero-order valence-corrected chi connectivity index (χ0v) is 10.4. The molecule has 0 saturated heterocycles. The molecule has 86 valence electrons. The molecule has 0 amide bonds. The number of methoxy groups -OCH3 is 1. The van der Waals surface area contributed by atoms with Gasteiger partial charge in [0.05, 0.1) is 23.6 Å². The average Bonchev–Trinajstić information content (AvgIpc) is 2.55. The molecule has 16 heavy (non-hydrogen) atoms. The van der Waals surface area contributed by atoms with E-state index in [2.05, 4.69) is 9.71 Å². The highest BCUT2D eigenvalue weighted by molar-refractivity contribution is 7.92. The summed E-state index contributed by atoms with van der Waals surface area (Å²) in [5, 5.41) is 0.366. The van der Waals surface area contributed by atoms with Crippen molar-refractivity contribution >= 4 is 36.7 Å². The van der Waals surface area contributed by atoms with Crippen molar-refractivity contribution in [3.8, 4) is 5.75 Å². The Morgan fingerprint density at radius 1 is 1.44 bits per heavy atom. The van der Waals surface area contributed by atoms with Crippen LogP contribution in [0.4, 0.5) is 5.13 Å². The molecule has 0 radical (unpaired) electrons. The monoisotopic (exact) mass is 258 g/mol. The van der Waals surface area contributed by atoms with Crippen molar-refractivity contribution < 1.29 is 13.2 Å². The Morgan fingerprint density at radius 2 is 2.19 bits per heavy atom. The van der Waals surface area contributed by atoms with E-state index in [0.29, 0.717) is 5.13 Å². The minimum absolute atomic E-state index is 0.366. The van der Waals surface area contributed by atoms with Crippen molar-refractivity contribution in [1.82, 2.24) is 4.98 Å². The number of thiazole rings is 1. The lowest BCUT2D eigenvalue weighted by Gasteiger charge is -1.96. The van der Waals surface area contributed by atoms with Crippen LogP contribution in [0.2, 0.25) is 0 Å². The fourth-order valence-corrected chi connectivity index (χ4v) is 2.96. The fourth-order valence-electron chi connectivity index (χ4n) is 1.23. The first-order valence-electron chi connectivity index (χ1n) is 4.40. The maximum atomic E-state index is 11.0. The number of hydrogen-bond acceptors (Lipinski definition) is 5. The van der Waals surface area contributed by atoms with Gasteiger partial charge in [-0.15, -0.1) is 0 Å². The molecular formula is C9H10N2O3S2. The highest BCUT2D eigenvalue weighted by atomic mass is 32.2. The zero-order chi connectivity index (χ0) is 11.8. The number of anilines is 1. The SMILES string of the molecule is COc1ccc2nc(NS(C)(=O)=O)sc2c1. The first-order valence-corrected chi connectivity index (χ1v) is 7.11. The van der Waals surface area contributed by atoms with E-state index >= 15 is 0 Å². The lowest BCUT2D eigenvalue weighted by Crippen LogP contribution is -2.08. The summed E-state index contributed by atoms with van der Waals surface area (Å²) >= 11 is 1.27. The smallest absolute Gasteiger partial charge is 0.231 e. The molecule has 0 bridgehead atoms. The summed E-state index contributed by atoms with van der Waals surface area (Å²) < 4.78 is 30.4. The van der Waals surface area contributed by atoms with Gasteiger partial charge in [-0.2, -0.15) is 0 Å². The number of nitrogens with one attached hydrogen (secondary N) is 1. The van der Waals surface area contributed by atoms with Crippen LogP contribution in [0.1, 0.15) is 0 Å². The second-order valence-corrected chi connectivity index (χ2v) is 6.01. The highest BCUT2D eigenvalue weighted by Gasteiger charge is 2.08. The molecule has 7 heteroatoms. The van der Waals surface area contributed by atoms with E-state index in [4.69, 9.17) is 4.74 Å². The molecule has 5 nitrogen and oxygen atoms in total. The predicted molar refractivity (Wildman–Crippen MR) is 64.6 cm³/mol. The molecule has 1 aromatic carbocycles. The molecule has 1 N–H and O–H groups in total. The summed E-state index contributed by atoms with van der Waals surface area (Å²) in [4.78, 5) is 4.15. The highest BCUT2D eigenvalue weighted by Crippen LogP contribution is 2.29. The standard InChI is InChI=1S/C9H10N2O3S2/c1-14-6-3-4-7-8(5-6)15-9(10-7)11-16(2,12)13/h3-5H,1-2H3,(H,10,11). The molecule has 0 fully saturated rings. The number of rotatable bonds is 3. The van der Waals surface area contributed by atoms with Crippen LogP contribution in [0, 0.1) is 0 Å². The van der Waals surface area contributed by atoms with Gasteiger partial charge in [-0.1, -0.05) is 11.3 Å². The molecule has 0 aliphatic heterocycles. The van der Waals surface area contributed by atoms with Gasteiger partial charge in [0.25, 0.3) is 0 Å². The number of sulfonamides is 1. The largest absolute Gasteiger partial charge is 0.497 e. The van der Waals surface area contributed by atoms with Crippen molar-refractivity contribution in [1.29, 1.82) is 0 Å². The van der Waals surface area contributed by atoms with Gasteiger partial charge in [-0.3, -0.25) is 4.72 Å². The quantitative estimate of drug-likeness (QED) is 0.909. The van der Waals surface area contributed by atoms with Crippen LogP contribution >= 0.6 is 11.3 Å². The van der Waals surface area contributed by atoms with Gasteiger partial charge < -0.3 is 4.74 Å². The number of aromatic nitrogens is 1. The van der Waals surface area contributed by atoms with Gasteiger partial charge in [0.15, 0.2) is 5.13 Å². The van der Waals surface area contributed by atoms with Crippen molar-refractivity contribution in [2.45, 2.75) is 0 Å². The summed E-state index contributed by atoms with van der Waals surface area (Å²) in [5.74, 6) is 0.724. The van der Waals surface area contributed by atoms with E-state index in [1.54, 1.807) is 19.2 Å². The van der Waals surface area contributed by atoms with E-state index in [0.717, 1.165) is 22.2 Å². The van der Waals surface area contributed by atoms with Crippen LogP contribution in [0.25, 0.3) is 10.2 Å². The van der Waals surface area contributed by atoms with Crippen LogP contribution in [0.3, 0.4) is 0 Å². The van der Waals surface area contributed by atoms with Gasteiger partial charge in [0.2, 0.25) is 10.0 Å². The van der Waals surface area contributed by atoms with Gasteiger partial charge in [0, 0.05) is 0 Å². The Bertz CT molecular complexity index is 619. The molecule has 2 aromatic rings. The summed E-state index contributed by atoms with van der Waals surface area (Å²) in [6.45, 7) is 0. The van der Waals surface area contributed by atoms with Crippen molar-refractivity contribution in [2.75, 3.05) is 18.1 Å². The Balaban J connectivity index is 2.44. The molecule has 0 saturated carbocycles. The van der Waals surface area contributed by atoms with Crippen molar-refractivity contribution in [2.24, 2.45) is 0 Å². The third kappa shape index (κ3) is 2.42. The average molecular weight is 258 g/mol. The number of fused-ring (bicyclic) bond motifs is 1. The van der Waals surface area contributed by atoms with E-state index < -0.39 is 10.0 Å². The molecule has 0 aliphatic rings. The van der Waals surface area contributed by atoms with Crippen LogP contribution in [0.15, 0.2) is 18.2 Å². The molecule has 2 rings (SSSR count). The fraction of sp³-hybridized carbons (Fsp3) is 0.222. The molecular weight excluding hydrogens is 248 g/mol. The minimum atomic E-state index is -3.27. The normalized spacial score (nSPS) is 11.6. The Labute approximate surface area is 97.1 Å². The summed E-state index contributed by atoms with van der Waals surface area (Å²) in [5.41, 5.74) is 0.747. The number of nitrogens with zero attached hydrogens (tertiary/aromatic N) is 1. The first-order chi connectivity index (χ1) is 7.48. The molecule has 0 spiro atoms. The molecule has 1 aromatic heterocycles. The van der Waals surface area contributed by atoms with Gasteiger partial charge in [-0.25, -0.2) is 13.4 Å². The van der Waals surface area contributed by atoms with E-state index in [-0.39, 0.29) is 0 Å². The van der Waals surface area contributed by atoms with Gasteiger partial charge in [0.1, 0.15) is 5.75 Å². The first kappa shape index (κ1) is 11.2. The molecule has 1 heterocycles. The van der Waals surface area contributed by atoms with Crippen LogP contribution in [0.5, 0.6) is 5.75 Å². The lowest BCUT2D eigenvalue weighted by atomic mass is 10.3. The Morgan fingerprint density at radius 3 is 2.81 bits per heavy atom. The van der Waals surface area contributed by atoms with Crippen LogP contribution < -0.4 is 9.46 Å². The number of ether oxygens (including phenoxy) is 1. The molecule has 0 aliphatic carbocycles. The van der Waals surface area contributed by atoms with Crippen LogP contribution in [-0.2, 0) is 10.0 Å². The minimum Gasteiger partial charge on any atom is -0.497 e. The topological polar surface area (TPSA) is 68.3 Å². The van der Waals surface area contributed by atoms with E-state index in [9.17, 15) is 8.42 Å². The Kier molecular flexibility index (Phi) is 2.73. The summed E-state index contributed by atoms with van der Waals surface area (Å²) in [6, 6.07) is 5.39. The predicted octanol–water partition coefficient (Wildman–Crippen LogP) is 1.68. The maximum absolute atomic E-state index is 11.0. The van der Waals surface area contributed by atoms with Crippen molar-refractivity contribution in [3.05, 3.63) is 18.2 Å². The summed E-state index contributed by atoms with van der Waals surface area (Å²) in [6.07, 6.45) is 1.10. The third-order valence-electron chi connectivity index (χ3n) is 1.87. The van der Waals surface area contributed by atoms with E-state index in [1.165, 1.54) is 11.3 Å². The number of hydrogen-bond donors (Lipinski definition) is 1. The number of benzene rings is 1. The summed E-state index contributed by atoms with van der Waals surface area (Å²) in [7, 11) is -1.69. The second kappa shape index (κ2) is 3.91. The third-order valence-corrected chi connectivity index (χ3v) is 3.50. The zero-order valence-electron chi connectivity index (χ0n) is 8.72.